The molecule has 0 aromatic heterocycles. The summed E-state index contributed by atoms with van der Waals surface area (Å²) in [5, 5.41) is 3.54. The normalized spacial score (nSPS) is 25.1. The number of aliphatic imine (C=N–C) groups is 1. The van der Waals surface area contributed by atoms with Gasteiger partial charge >= 0.3 is 0 Å². The van der Waals surface area contributed by atoms with E-state index >= 15 is 0 Å². The molecule has 3 saturated heterocycles. The second-order valence-corrected chi connectivity index (χ2v) is 9.46. The molecule has 7 heteroatoms. The van der Waals surface area contributed by atoms with Gasteiger partial charge in [-0.1, -0.05) is 30.3 Å². The van der Waals surface area contributed by atoms with Crippen molar-refractivity contribution in [1.29, 1.82) is 0 Å². The lowest BCUT2D eigenvalue weighted by atomic mass is 10.1. The lowest BCUT2D eigenvalue weighted by Gasteiger charge is -2.35. The highest BCUT2D eigenvalue weighted by atomic mass is 127. The topological polar surface area (TPSA) is 49.3 Å². The molecule has 6 nitrogen and oxygen atoms in total. The molecular formula is C26H43IN4O2. The molecule has 4 rings (SSSR count). The van der Waals surface area contributed by atoms with E-state index in [-0.39, 0.29) is 24.0 Å². The zero-order valence-corrected chi connectivity index (χ0v) is 22.6. The van der Waals surface area contributed by atoms with E-state index in [0.717, 1.165) is 71.2 Å². The number of piperidine rings is 1. The van der Waals surface area contributed by atoms with E-state index in [4.69, 9.17) is 14.5 Å². The van der Waals surface area contributed by atoms with Gasteiger partial charge in [-0.2, -0.15) is 0 Å². The summed E-state index contributed by atoms with van der Waals surface area (Å²) in [6.45, 7) is 9.85. The van der Waals surface area contributed by atoms with E-state index in [9.17, 15) is 0 Å². The minimum absolute atomic E-state index is 0. The van der Waals surface area contributed by atoms with Crippen molar-refractivity contribution in [2.45, 2.75) is 76.7 Å². The second kappa shape index (κ2) is 14.5. The maximum absolute atomic E-state index is 6.20. The van der Waals surface area contributed by atoms with Gasteiger partial charge in [0.05, 0.1) is 25.4 Å². The second-order valence-electron chi connectivity index (χ2n) is 9.46. The Morgan fingerprint density at radius 3 is 2.61 bits per heavy atom. The average Bonchev–Trinajstić information content (AvgIpc) is 3.29. The van der Waals surface area contributed by atoms with Gasteiger partial charge in [0, 0.05) is 38.8 Å². The number of halogens is 1. The molecule has 1 aromatic carbocycles. The first-order chi connectivity index (χ1) is 15.8. The molecule has 0 amide bonds. The predicted octanol–water partition coefficient (Wildman–Crippen LogP) is 4.28. The molecule has 1 N–H and O–H groups in total. The molecule has 0 radical (unpaired) electrons. The number of likely N-dealkylation sites (tertiary alicyclic amines) is 2. The van der Waals surface area contributed by atoms with Crippen molar-refractivity contribution in [3.05, 3.63) is 35.9 Å². The molecule has 1 aromatic rings. The Morgan fingerprint density at radius 1 is 1.06 bits per heavy atom. The van der Waals surface area contributed by atoms with Crippen molar-refractivity contribution >= 4 is 29.9 Å². The number of hydrogen-bond acceptors (Lipinski definition) is 4. The van der Waals surface area contributed by atoms with Gasteiger partial charge in [-0.05, 0) is 64.0 Å². The van der Waals surface area contributed by atoms with Crippen molar-refractivity contribution in [2.75, 3.05) is 45.9 Å². The van der Waals surface area contributed by atoms with E-state index in [0.29, 0.717) is 18.2 Å². The van der Waals surface area contributed by atoms with Gasteiger partial charge in [-0.3, -0.25) is 9.89 Å². The SMILES string of the molecule is CCNC(=NCC1CCCN1Cc1ccccc1)N1CCC(OCC2CCCCO2)CC1.I. The van der Waals surface area contributed by atoms with Crippen LogP contribution < -0.4 is 5.32 Å². The highest BCUT2D eigenvalue weighted by Gasteiger charge is 2.26. The summed E-state index contributed by atoms with van der Waals surface area (Å²) in [4.78, 5) is 10.1. The van der Waals surface area contributed by atoms with Crippen molar-refractivity contribution in [2.24, 2.45) is 4.99 Å². The van der Waals surface area contributed by atoms with Crippen molar-refractivity contribution in [1.82, 2.24) is 15.1 Å². The minimum Gasteiger partial charge on any atom is -0.376 e. The molecule has 3 heterocycles. The molecule has 33 heavy (non-hydrogen) atoms. The van der Waals surface area contributed by atoms with Crippen LogP contribution in [0.2, 0.25) is 0 Å². The van der Waals surface area contributed by atoms with Crippen molar-refractivity contribution in [3.63, 3.8) is 0 Å². The van der Waals surface area contributed by atoms with Crippen LogP contribution in [0.5, 0.6) is 0 Å². The van der Waals surface area contributed by atoms with Gasteiger partial charge in [0.2, 0.25) is 0 Å². The van der Waals surface area contributed by atoms with Crippen LogP contribution in [0.4, 0.5) is 0 Å². The summed E-state index contributed by atoms with van der Waals surface area (Å²) in [6.07, 6.45) is 8.96. The van der Waals surface area contributed by atoms with E-state index < -0.39 is 0 Å². The average molecular weight is 571 g/mol. The van der Waals surface area contributed by atoms with Crippen LogP contribution >= 0.6 is 24.0 Å². The van der Waals surface area contributed by atoms with Crippen LogP contribution in [0.3, 0.4) is 0 Å². The summed E-state index contributed by atoms with van der Waals surface area (Å²) >= 11 is 0. The third kappa shape index (κ3) is 8.37. The fourth-order valence-corrected chi connectivity index (χ4v) is 5.16. The van der Waals surface area contributed by atoms with Gasteiger partial charge in [0.25, 0.3) is 0 Å². The van der Waals surface area contributed by atoms with Crippen LogP contribution in [-0.2, 0) is 16.0 Å². The molecule has 0 saturated carbocycles. The van der Waals surface area contributed by atoms with Gasteiger partial charge in [-0.15, -0.1) is 24.0 Å². The summed E-state index contributed by atoms with van der Waals surface area (Å²) in [5.74, 6) is 1.08. The third-order valence-electron chi connectivity index (χ3n) is 7.05. The van der Waals surface area contributed by atoms with Gasteiger partial charge in [-0.25, -0.2) is 0 Å². The standard InChI is InChI=1S/C26H42N4O2.HI/c1-2-27-26(28-19-23-11-8-15-30(23)20-22-9-4-3-5-10-22)29-16-13-24(14-17-29)32-21-25-12-6-7-18-31-25;/h3-5,9-10,23-25H,2,6-8,11-21H2,1H3,(H,27,28);1H. The summed E-state index contributed by atoms with van der Waals surface area (Å²) in [7, 11) is 0. The number of nitrogens with zero attached hydrogens (tertiary/aromatic N) is 3. The van der Waals surface area contributed by atoms with E-state index in [1.807, 2.05) is 0 Å². The van der Waals surface area contributed by atoms with Crippen LogP contribution in [0.1, 0.15) is 57.4 Å². The Labute approximate surface area is 217 Å². The largest absolute Gasteiger partial charge is 0.376 e. The fraction of sp³-hybridized carbons (Fsp3) is 0.731. The summed E-state index contributed by atoms with van der Waals surface area (Å²) in [6, 6.07) is 11.4. The molecule has 186 valence electrons. The minimum atomic E-state index is 0. The molecule has 3 fully saturated rings. The molecular weight excluding hydrogens is 527 g/mol. The van der Waals surface area contributed by atoms with Crippen LogP contribution in [0.25, 0.3) is 0 Å². The van der Waals surface area contributed by atoms with Crippen molar-refractivity contribution < 1.29 is 9.47 Å². The Balaban J connectivity index is 0.00000306. The first kappa shape index (κ1) is 26.7. The Kier molecular flexibility index (Phi) is 11.7. The first-order valence-electron chi connectivity index (χ1n) is 12.9. The molecule has 2 atom stereocenters. The maximum Gasteiger partial charge on any atom is 0.193 e. The molecule has 2 unspecified atom stereocenters. The smallest absolute Gasteiger partial charge is 0.193 e. The zero-order valence-electron chi connectivity index (χ0n) is 20.3. The molecule has 0 bridgehead atoms. The molecule has 3 aliphatic heterocycles. The number of nitrogens with one attached hydrogen (secondary N) is 1. The fourth-order valence-electron chi connectivity index (χ4n) is 5.16. The van der Waals surface area contributed by atoms with Gasteiger partial charge < -0.3 is 19.7 Å². The summed E-state index contributed by atoms with van der Waals surface area (Å²) in [5.41, 5.74) is 1.40. The van der Waals surface area contributed by atoms with Crippen LogP contribution in [-0.4, -0.2) is 79.9 Å². The Bertz CT molecular complexity index is 691. The lowest BCUT2D eigenvalue weighted by Crippen LogP contribution is -2.47. The predicted molar refractivity (Wildman–Crippen MR) is 145 cm³/mol. The molecule has 0 spiro atoms. The Morgan fingerprint density at radius 2 is 1.88 bits per heavy atom. The molecule has 0 aliphatic carbocycles. The maximum atomic E-state index is 6.20. The van der Waals surface area contributed by atoms with E-state index in [1.54, 1.807) is 0 Å². The van der Waals surface area contributed by atoms with E-state index in [2.05, 4.69) is 52.4 Å². The van der Waals surface area contributed by atoms with Crippen molar-refractivity contribution in [3.8, 4) is 0 Å². The first-order valence-corrected chi connectivity index (χ1v) is 12.9. The number of rotatable bonds is 8. The molecule has 3 aliphatic rings. The third-order valence-corrected chi connectivity index (χ3v) is 7.05. The van der Waals surface area contributed by atoms with Crippen LogP contribution in [0.15, 0.2) is 35.3 Å². The number of hydrogen-bond donors (Lipinski definition) is 1. The van der Waals surface area contributed by atoms with Gasteiger partial charge in [0.15, 0.2) is 5.96 Å². The number of ether oxygens (including phenoxy) is 2. The quantitative estimate of drug-likeness (QED) is 0.287. The van der Waals surface area contributed by atoms with Crippen LogP contribution in [0, 0.1) is 0 Å². The lowest BCUT2D eigenvalue weighted by molar-refractivity contribution is -0.0721. The zero-order chi connectivity index (χ0) is 22.0. The highest BCUT2D eigenvalue weighted by Crippen LogP contribution is 2.21. The monoisotopic (exact) mass is 570 g/mol. The summed E-state index contributed by atoms with van der Waals surface area (Å²) < 4.78 is 12.0. The van der Waals surface area contributed by atoms with Gasteiger partial charge in [0.1, 0.15) is 0 Å². The number of guanidine groups is 1. The van der Waals surface area contributed by atoms with E-state index in [1.165, 1.54) is 37.8 Å². The Hall–Kier alpha value is -0.900. The number of benzene rings is 1. The highest BCUT2D eigenvalue weighted by molar-refractivity contribution is 14.0.